The van der Waals surface area contributed by atoms with Crippen LogP contribution in [0.25, 0.3) is 0 Å². The summed E-state index contributed by atoms with van der Waals surface area (Å²) in [5.74, 6) is -0.283. The SMILES string of the molecule is CCc1cc(C=NNC(=O)c2cccnc2)ccn1. The highest BCUT2D eigenvalue weighted by molar-refractivity contribution is 5.94. The van der Waals surface area contributed by atoms with Crippen molar-refractivity contribution < 1.29 is 4.79 Å². The number of rotatable bonds is 4. The second-order valence-electron chi connectivity index (χ2n) is 3.87. The number of nitrogens with one attached hydrogen (secondary N) is 1. The summed E-state index contributed by atoms with van der Waals surface area (Å²) >= 11 is 0. The van der Waals surface area contributed by atoms with Crippen molar-refractivity contribution >= 4 is 12.1 Å². The number of aryl methyl sites for hydroxylation is 1. The van der Waals surface area contributed by atoms with E-state index in [1.165, 1.54) is 6.20 Å². The van der Waals surface area contributed by atoms with Gasteiger partial charge < -0.3 is 0 Å². The lowest BCUT2D eigenvalue weighted by Crippen LogP contribution is -2.17. The quantitative estimate of drug-likeness (QED) is 0.668. The van der Waals surface area contributed by atoms with Gasteiger partial charge in [0.25, 0.3) is 5.91 Å². The van der Waals surface area contributed by atoms with Crippen molar-refractivity contribution in [3.63, 3.8) is 0 Å². The summed E-state index contributed by atoms with van der Waals surface area (Å²) in [6.07, 6.45) is 7.29. The number of amides is 1. The molecule has 0 aliphatic heterocycles. The number of hydrogen-bond acceptors (Lipinski definition) is 4. The van der Waals surface area contributed by atoms with E-state index in [0.717, 1.165) is 17.7 Å². The molecule has 2 heterocycles. The molecule has 2 aromatic heterocycles. The Balaban J connectivity index is 1.98. The third kappa shape index (κ3) is 3.70. The van der Waals surface area contributed by atoms with Crippen molar-refractivity contribution in [2.45, 2.75) is 13.3 Å². The van der Waals surface area contributed by atoms with Crippen molar-refractivity contribution in [1.82, 2.24) is 15.4 Å². The normalized spacial score (nSPS) is 10.6. The van der Waals surface area contributed by atoms with E-state index in [2.05, 4.69) is 20.5 Å². The van der Waals surface area contributed by atoms with Gasteiger partial charge in [-0.2, -0.15) is 5.10 Å². The van der Waals surface area contributed by atoms with Crippen LogP contribution in [0.3, 0.4) is 0 Å². The maximum absolute atomic E-state index is 11.7. The number of nitrogens with zero attached hydrogens (tertiary/aromatic N) is 3. The van der Waals surface area contributed by atoms with E-state index in [1.54, 1.807) is 30.7 Å². The predicted molar refractivity (Wildman–Crippen MR) is 72.9 cm³/mol. The van der Waals surface area contributed by atoms with Gasteiger partial charge in [-0.3, -0.25) is 14.8 Å². The van der Waals surface area contributed by atoms with Crippen molar-refractivity contribution in [2.24, 2.45) is 5.10 Å². The van der Waals surface area contributed by atoms with Gasteiger partial charge in [0.05, 0.1) is 11.8 Å². The molecule has 96 valence electrons. The fourth-order valence-electron chi connectivity index (χ4n) is 1.50. The van der Waals surface area contributed by atoms with Crippen LogP contribution < -0.4 is 5.43 Å². The zero-order chi connectivity index (χ0) is 13.5. The molecule has 0 fully saturated rings. The lowest BCUT2D eigenvalue weighted by atomic mass is 10.2. The summed E-state index contributed by atoms with van der Waals surface area (Å²) in [6.45, 7) is 2.04. The van der Waals surface area contributed by atoms with E-state index in [-0.39, 0.29) is 5.91 Å². The summed E-state index contributed by atoms with van der Waals surface area (Å²) in [4.78, 5) is 19.7. The standard InChI is InChI=1S/C14H14N4O/c1-2-13-8-11(5-7-16-13)9-17-18-14(19)12-4-3-6-15-10-12/h3-10H,2H2,1H3,(H,18,19). The largest absolute Gasteiger partial charge is 0.272 e. The third-order valence-electron chi connectivity index (χ3n) is 2.51. The fourth-order valence-corrected chi connectivity index (χ4v) is 1.50. The molecule has 5 heteroatoms. The van der Waals surface area contributed by atoms with Crippen molar-refractivity contribution in [2.75, 3.05) is 0 Å². The smallest absolute Gasteiger partial charge is 0.267 e. The molecular weight excluding hydrogens is 240 g/mol. The Morgan fingerprint density at radius 2 is 2.32 bits per heavy atom. The Kier molecular flexibility index (Phi) is 4.34. The molecule has 1 amide bonds. The third-order valence-corrected chi connectivity index (χ3v) is 2.51. The fraction of sp³-hybridized carbons (Fsp3) is 0.143. The summed E-state index contributed by atoms with van der Waals surface area (Å²) in [7, 11) is 0. The Labute approximate surface area is 111 Å². The Morgan fingerprint density at radius 3 is 3.05 bits per heavy atom. The number of pyridine rings is 2. The van der Waals surface area contributed by atoms with Crippen molar-refractivity contribution in [3.8, 4) is 0 Å². The molecule has 0 atom stereocenters. The molecule has 2 aromatic rings. The van der Waals surface area contributed by atoms with Crippen LogP contribution in [-0.4, -0.2) is 22.1 Å². The molecule has 2 rings (SSSR count). The topological polar surface area (TPSA) is 67.2 Å². The number of hydrazone groups is 1. The lowest BCUT2D eigenvalue weighted by Gasteiger charge is -1.99. The maximum atomic E-state index is 11.7. The molecule has 19 heavy (non-hydrogen) atoms. The Bertz CT molecular complexity index is 581. The average Bonchev–Trinajstić information content (AvgIpc) is 2.48. The van der Waals surface area contributed by atoms with Crippen LogP contribution in [-0.2, 0) is 6.42 Å². The van der Waals surface area contributed by atoms with E-state index in [9.17, 15) is 4.79 Å². The van der Waals surface area contributed by atoms with Crippen molar-refractivity contribution in [3.05, 3.63) is 59.7 Å². The van der Waals surface area contributed by atoms with Crippen molar-refractivity contribution in [1.29, 1.82) is 0 Å². The molecule has 1 N–H and O–H groups in total. The highest BCUT2D eigenvalue weighted by atomic mass is 16.2. The minimum absolute atomic E-state index is 0.283. The predicted octanol–water partition coefficient (Wildman–Crippen LogP) is 1.80. The van der Waals surface area contributed by atoms with Crippen LogP contribution in [0.1, 0.15) is 28.5 Å². The Hall–Kier alpha value is -2.56. The van der Waals surface area contributed by atoms with Crippen LogP contribution in [0.2, 0.25) is 0 Å². The van der Waals surface area contributed by atoms with Gasteiger partial charge in [-0.05, 0) is 36.2 Å². The summed E-state index contributed by atoms with van der Waals surface area (Å²) in [5, 5.41) is 3.91. The minimum Gasteiger partial charge on any atom is -0.267 e. The summed E-state index contributed by atoms with van der Waals surface area (Å²) < 4.78 is 0. The van der Waals surface area contributed by atoms with E-state index in [1.807, 2.05) is 19.1 Å². The van der Waals surface area contributed by atoms with Gasteiger partial charge in [-0.25, -0.2) is 5.43 Å². The first-order chi connectivity index (χ1) is 9.29. The minimum atomic E-state index is -0.283. The van der Waals surface area contributed by atoms with Crippen LogP contribution in [0.4, 0.5) is 0 Å². The first kappa shape index (κ1) is 12.9. The van der Waals surface area contributed by atoms with E-state index < -0.39 is 0 Å². The van der Waals surface area contributed by atoms with Gasteiger partial charge in [0, 0.05) is 24.3 Å². The van der Waals surface area contributed by atoms with E-state index >= 15 is 0 Å². The maximum Gasteiger partial charge on any atom is 0.272 e. The number of carbonyl (C=O) groups excluding carboxylic acids is 1. The van der Waals surface area contributed by atoms with Crippen LogP contribution >= 0.6 is 0 Å². The molecule has 0 unspecified atom stereocenters. The first-order valence-corrected chi connectivity index (χ1v) is 5.98. The number of carbonyl (C=O) groups is 1. The zero-order valence-corrected chi connectivity index (χ0v) is 10.6. The number of aromatic nitrogens is 2. The molecule has 0 radical (unpaired) electrons. The van der Waals surface area contributed by atoms with E-state index in [4.69, 9.17) is 0 Å². The second kappa shape index (κ2) is 6.39. The van der Waals surface area contributed by atoms with Gasteiger partial charge in [0.2, 0.25) is 0 Å². The monoisotopic (exact) mass is 254 g/mol. The van der Waals surface area contributed by atoms with Gasteiger partial charge in [-0.15, -0.1) is 0 Å². The van der Waals surface area contributed by atoms with E-state index in [0.29, 0.717) is 5.56 Å². The van der Waals surface area contributed by atoms with Crippen LogP contribution in [0.5, 0.6) is 0 Å². The highest BCUT2D eigenvalue weighted by Gasteiger charge is 2.02. The lowest BCUT2D eigenvalue weighted by molar-refractivity contribution is 0.0955. The summed E-state index contributed by atoms with van der Waals surface area (Å²) in [6, 6.07) is 7.15. The second-order valence-corrected chi connectivity index (χ2v) is 3.87. The van der Waals surface area contributed by atoms with Gasteiger partial charge in [0.1, 0.15) is 0 Å². The molecular formula is C14H14N4O. The zero-order valence-electron chi connectivity index (χ0n) is 10.6. The molecule has 0 aliphatic carbocycles. The highest BCUT2D eigenvalue weighted by Crippen LogP contribution is 2.00. The van der Waals surface area contributed by atoms with Crippen LogP contribution in [0.15, 0.2) is 48.0 Å². The molecule has 0 aromatic carbocycles. The molecule has 0 spiro atoms. The molecule has 0 bridgehead atoms. The molecule has 5 nitrogen and oxygen atoms in total. The molecule has 0 saturated heterocycles. The number of hydrogen-bond donors (Lipinski definition) is 1. The average molecular weight is 254 g/mol. The summed E-state index contributed by atoms with van der Waals surface area (Å²) in [5.41, 5.74) is 4.82. The van der Waals surface area contributed by atoms with Crippen LogP contribution in [0, 0.1) is 0 Å². The Morgan fingerprint density at radius 1 is 1.42 bits per heavy atom. The van der Waals surface area contributed by atoms with Gasteiger partial charge in [0.15, 0.2) is 0 Å². The molecule has 0 saturated carbocycles. The first-order valence-electron chi connectivity index (χ1n) is 5.98. The van der Waals surface area contributed by atoms with Gasteiger partial charge in [-0.1, -0.05) is 6.92 Å². The molecule has 0 aliphatic rings. The van der Waals surface area contributed by atoms with Gasteiger partial charge >= 0.3 is 0 Å².